The lowest BCUT2D eigenvalue weighted by atomic mass is 9.92. The van der Waals surface area contributed by atoms with Gasteiger partial charge in [-0.25, -0.2) is 0 Å². The summed E-state index contributed by atoms with van der Waals surface area (Å²) in [7, 11) is 1.63. The van der Waals surface area contributed by atoms with Crippen molar-refractivity contribution in [3.8, 4) is 11.5 Å². The van der Waals surface area contributed by atoms with E-state index in [4.69, 9.17) is 14.6 Å². The molecule has 0 bridgehead atoms. The number of benzene rings is 1. The summed E-state index contributed by atoms with van der Waals surface area (Å²) in [5, 5.41) is 9.06. The Morgan fingerprint density at radius 1 is 1.35 bits per heavy atom. The van der Waals surface area contributed by atoms with Gasteiger partial charge in [0.05, 0.1) is 19.6 Å². The first-order valence-electron chi connectivity index (χ1n) is 7.20. The van der Waals surface area contributed by atoms with Gasteiger partial charge < -0.3 is 14.6 Å². The average molecular weight is 276 g/mol. The molecular weight excluding hydrogens is 256 g/mol. The molecule has 2 aliphatic carbocycles. The monoisotopic (exact) mass is 276 g/mol. The Bertz CT molecular complexity index is 515. The van der Waals surface area contributed by atoms with Gasteiger partial charge in [0.2, 0.25) is 0 Å². The summed E-state index contributed by atoms with van der Waals surface area (Å²) in [6, 6.07) is 5.85. The van der Waals surface area contributed by atoms with Crippen LogP contribution in [-0.2, 0) is 10.2 Å². The number of hydrogen-bond donors (Lipinski definition) is 1. The zero-order valence-electron chi connectivity index (χ0n) is 11.7. The minimum atomic E-state index is -0.736. The lowest BCUT2D eigenvalue weighted by Crippen LogP contribution is -2.25. The fraction of sp³-hybridized carbons (Fsp3) is 0.562. The van der Waals surface area contributed by atoms with Gasteiger partial charge in [-0.2, -0.15) is 0 Å². The van der Waals surface area contributed by atoms with E-state index < -0.39 is 5.97 Å². The predicted molar refractivity (Wildman–Crippen MR) is 74.4 cm³/mol. The van der Waals surface area contributed by atoms with Crippen LogP contribution in [-0.4, -0.2) is 24.3 Å². The standard InChI is InChI=1S/C16H20O4/c1-19-13-6-5-11(16(7-8-16)10-15(17)18)9-14(13)20-12-3-2-4-12/h5-6,9,12H,2-4,7-8,10H2,1H3,(H,17,18). The summed E-state index contributed by atoms with van der Waals surface area (Å²) < 4.78 is 11.3. The molecule has 0 amide bonds. The van der Waals surface area contributed by atoms with Gasteiger partial charge in [-0.05, 0) is 49.8 Å². The molecule has 0 atom stereocenters. The van der Waals surface area contributed by atoms with Crippen LogP contribution in [0.5, 0.6) is 11.5 Å². The smallest absolute Gasteiger partial charge is 0.304 e. The van der Waals surface area contributed by atoms with Gasteiger partial charge >= 0.3 is 5.97 Å². The molecule has 108 valence electrons. The molecule has 1 aromatic carbocycles. The zero-order valence-corrected chi connectivity index (χ0v) is 11.7. The Hall–Kier alpha value is -1.71. The van der Waals surface area contributed by atoms with Crippen molar-refractivity contribution in [3.05, 3.63) is 23.8 Å². The summed E-state index contributed by atoms with van der Waals surface area (Å²) in [5.74, 6) is 0.748. The molecule has 3 rings (SSSR count). The van der Waals surface area contributed by atoms with Crippen molar-refractivity contribution in [2.45, 2.75) is 50.0 Å². The fourth-order valence-electron chi connectivity index (χ4n) is 2.77. The van der Waals surface area contributed by atoms with E-state index >= 15 is 0 Å². The number of carbonyl (C=O) groups is 1. The molecule has 4 nitrogen and oxygen atoms in total. The van der Waals surface area contributed by atoms with E-state index in [0.29, 0.717) is 0 Å². The van der Waals surface area contributed by atoms with Gasteiger partial charge in [0.15, 0.2) is 11.5 Å². The van der Waals surface area contributed by atoms with Gasteiger partial charge in [0.1, 0.15) is 0 Å². The van der Waals surface area contributed by atoms with Gasteiger partial charge in [-0.15, -0.1) is 0 Å². The molecule has 4 heteroatoms. The Morgan fingerprint density at radius 3 is 2.60 bits per heavy atom. The molecule has 0 aromatic heterocycles. The lowest BCUT2D eigenvalue weighted by molar-refractivity contribution is -0.137. The summed E-state index contributed by atoms with van der Waals surface area (Å²) in [6.45, 7) is 0. The van der Waals surface area contributed by atoms with Crippen LogP contribution in [0.1, 0.15) is 44.1 Å². The molecule has 0 radical (unpaired) electrons. The van der Waals surface area contributed by atoms with Crippen LogP contribution in [0.4, 0.5) is 0 Å². The number of rotatable bonds is 6. The molecule has 1 aromatic rings. The summed E-state index contributed by atoms with van der Waals surface area (Å²) >= 11 is 0. The number of carboxylic acid groups (broad SMARTS) is 1. The summed E-state index contributed by atoms with van der Waals surface area (Å²) in [6.07, 6.45) is 5.76. The van der Waals surface area contributed by atoms with Crippen molar-refractivity contribution in [2.24, 2.45) is 0 Å². The first-order chi connectivity index (χ1) is 9.63. The number of aliphatic carboxylic acids is 1. The largest absolute Gasteiger partial charge is 0.493 e. The molecule has 0 unspecified atom stereocenters. The van der Waals surface area contributed by atoms with Crippen molar-refractivity contribution >= 4 is 5.97 Å². The molecule has 0 aliphatic heterocycles. The van der Waals surface area contributed by atoms with Crippen molar-refractivity contribution in [3.63, 3.8) is 0 Å². The maximum Gasteiger partial charge on any atom is 0.304 e. The van der Waals surface area contributed by atoms with E-state index in [9.17, 15) is 4.79 Å². The van der Waals surface area contributed by atoms with Gasteiger partial charge in [-0.1, -0.05) is 6.07 Å². The second kappa shape index (κ2) is 5.00. The molecule has 2 saturated carbocycles. The molecule has 2 aliphatic rings. The number of methoxy groups -OCH3 is 1. The van der Waals surface area contributed by atoms with Crippen molar-refractivity contribution in [1.82, 2.24) is 0 Å². The molecule has 2 fully saturated rings. The van der Waals surface area contributed by atoms with E-state index in [1.54, 1.807) is 7.11 Å². The minimum Gasteiger partial charge on any atom is -0.493 e. The highest BCUT2D eigenvalue weighted by Gasteiger charge is 2.46. The highest BCUT2D eigenvalue weighted by atomic mass is 16.5. The molecule has 0 saturated heterocycles. The third kappa shape index (κ3) is 2.47. The minimum absolute atomic E-state index is 0.185. The number of hydrogen-bond acceptors (Lipinski definition) is 3. The van der Waals surface area contributed by atoms with E-state index in [1.165, 1.54) is 6.42 Å². The summed E-state index contributed by atoms with van der Waals surface area (Å²) in [4.78, 5) is 11.0. The van der Waals surface area contributed by atoms with Crippen molar-refractivity contribution in [1.29, 1.82) is 0 Å². The maximum absolute atomic E-state index is 11.0. The molecule has 1 N–H and O–H groups in total. The van der Waals surface area contributed by atoms with Crippen molar-refractivity contribution in [2.75, 3.05) is 7.11 Å². The van der Waals surface area contributed by atoms with Crippen LogP contribution < -0.4 is 9.47 Å². The van der Waals surface area contributed by atoms with Crippen molar-refractivity contribution < 1.29 is 19.4 Å². The first kappa shape index (κ1) is 13.3. The number of ether oxygens (including phenoxy) is 2. The van der Waals surface area contributed by atoms with Crippen LogP contribution in [0.3, 0.4) is 0 Å². The van der Waals surface area contributed by atoms with Gasteiger partial charge in [0.25, 0.3) is 0 Å². The first-order valence-corrected chi connectivity index (χ1v) is 7.20. The Labute approximate surface area is 118 Å². The third-order valence-electron chi connectivity index (χ3n) is 4.46. The van der Waals surface area contributed by atoms with E-state index in [0.717, 1.165) is 42.7 Å². The van der Waals surface area contributed by atoms with Gasteiger partial charge in [-0.3, -0.25) is 4.79 Å². The molecular formula is C16H20O4. The molecule has 0 heterocycles. The number of carboxylic acids is 1. The van der Waals surface area contributed by atoms with Crippen LogP contribution in [0, 0.1) is 0 Å². The van der Waals surface area contributed by atoms with Crippen LogP contribution in [0.2, 0.25) is 0 Å². The normalized spacial score (nSPS) is 20.1. The predicted octanol–water partition coefficient (Wildman–Crippen LogP) is 3.13. The average Bonchev–Trinajstić information content (AvgIpc) is 3.13. The SMILES string of the molecule is COc1ccc(C2(CC(=O)O)CC2)cc1OC1CCC1. The summed E-state index contributed by atoms with van der Waals surface area (Å²) in [5.41, 5.74) is 0.880. The topological polar surface area (TPSA) is 55.8 Å². The Balaban J connectivity index is 1.85. The highest BCUT2D eigenvalue weighted by Crippen LogP contribution is 2.52. The van der Waals surface area contributed by atoms with Crippen LogP contribution in [0.15, 0.2) is 18.2 Å². The second-order valence-corrected chi connectivity index (χ2v) is 5.89. The Morgan fingerprint density at radius 2 is 2.10 bits per heavy atom. The van der Waals surface area contributed by atoms with Gasteiger partial charge in [0, 0.05) is 5.41 Å². The van der Waals surface area contributed by atoms with E-state index in [-0.39, 0.29) is 17.9 Å². The fourth-order valence-corrected chi connectivity index (χ4v) is 2.77. The quantitative estimate of drug-likeness (QED) is 0.867. The third-order valence-corrected chi connectivity index (χ3v) is 4.46. The highest BCUT2D eigenvalue weighted by molar-refractivity contribution is 5.70. The zero-order chi connectivity index (χ0) is 14.2. The van der Waals surface area contributed by atoms with E-state index in [1.807, 2.05) is 18.2 Å². The van der Waals surface area contributed by atoms with Crippen LogP contribution in [0.25, 0.3) is 0 Å². The second-order valence-electron chi connectivity index (χ2n) is 5.89. The van der Waals surface area contributed by atoms with Crippen LogP contribution >= 0.6 is 0 Å². The Kier molecular flexibility index (Phi) is 3.32. The van der Waals surface area contributed by atoms with E-state index in [2.05, 4.69) is 0 Å². The molecule has 20 heavy (non-hydrogen) atoms. The maximum atomic E-state index is 11.0. The molecule has 0 spiro atoms. The lowest BCUT2D eigenvalue weighted by Gasteiger charge is -2.27.